The molecule has 0 saturated carbocycles. The molecule has 2 atom stereocenters. The predicted molar refractivity (Wildman–Crippen MR) is 215 cm³/mol. The number of aromatic nitrogens is 2. The highest BCUT2D eigenvalue weighted by atomic mass is 32.2. The summed E-state index contributed by atoms with van der Waals surface area (Å²) >= 11 is 0. The summed E-state index contributed by atoms with van der Waals surface area (Å²) in [6.45, 7) is 4.60. The fourth-order valence-corrected chi connectivity index (χ4v) is 7.55. The lowest BCUT2D eigenvalue weighted by atomic mass is 9.90. The van der Waals surface area contributed by atoms with Gasteiger partial charge in [-0.3, -0.25) is 63.7 Å². The Morgan fingerprint density at radius 2 is 1.00 bits per heavy atom. The van der Waals surface area contributed by atoms with Crippen molar-refractivity contribution in [1.29, 1.82) is 0 Å². The van der Waals surface area contributed by atoms with Gasteiger partial charge in [-0.25, -0.2) is 0 Å². The molecule has 0 bridgehead atoms. The van der Waals surface area contributed by atoms with Crippen LogP contribution in [-0.4, -0.2) is 111 Å². The minimum Gasteiger partial charge on any atom is -0.313 e. The zero-order chi connectivity index (χ0) is 42.5. The summed E-state index contributed by atoms with van der Waals surface area (Å²) in [5.74, 6) is -2.30. The summed E-state index contributed by atoms with van der Waals surface area (Å²) in [7, 11) is -3.67. The van der Waals surface area contributed by atoms with E-state index in [0.717, 1.165) is 9.80 Å². The first-order chi connectivity index (χ1) is 28.0. The van der Waals surface area contributed by atoms with Crippen molar-refractivity contribution in [2.45, 2.75) is 25.9 Å². The molecule has 3 N–H and O–H groups in total. The van der Waals surface area contributed by atoms with Crippen LogP contribution in [0.2, 0.25) is 0 Å². The number of hydrogen-bond acceptors (Lipinski definition) is 14. The topological polar surface area (TPSA) is 265 Å². The fraction of sp³-hybridized carbons (Fsp3) is 0.231. The number of benzene rings is 4. The SMILES string of the molecule is CS(=O)(=O)O.C[C@@H](CNCCNC[C@H](C)N1C(=O)c2cc([N+](=O)[O-])cc3c2c(cc2cccnc23)C1=O)N1C(=O)c2cc([N+](=O)[O-])cc3c2c(cc2cccnc23)C1=O. The lowest BCUT2D eigenvalue weighted by Crippen LogP contribution is -2.51. The number of pyridine rings is 2. The standard InChI is InChI=1S/C38H30N8O8.CH4O3S/c1-19(43-35(47)27-11-21-5-3-7-41-33(21)25-13-23(45(51)52)15-29(31(25)27)37(43)49)17-39-9-10-40-18-20(2)44-36(48)28-12-22-6-4-8-42-34(22)26-14-24(46(53)54)16-30(32(26)28)38(44)50;1-5(2,3)4/h3-8,11-16,19-20,39-40H,9-10,17-18H2,1-2H3;1H3,(H,2,3,4)/t19-,20-;/m0./s1. The van der Waals surface area contributed by atoms with Crippen LogP contribution < -0.4 is 10.6 Å². The molecule has 4 heterocycles. The van der Waals surface area contributed by atoms with E-state index in [0.29, 0.717) is 62.7 Å². The van der Waals surface area contributed by atoms with E-state index in [2.05, 4.69) is 20.6 Å². The third-order valence-electron chi connectivity index (χ3n) is 10.0. The molecular weight excluding hydrogens is 789 g/mol. The number of non-ortho nitro benzene ring substituents is 2. The predicted octanol–water partition coefficient (Wildman–Crippen LogP) is 4.26. The molecule has 302 valence electrons. The first-order valence-electron chi connectivity index (χ1n) is 18.1. The molecule has 0 saturated heterocycles. The second kappa shape index (κ2) is 15.5. The summed E-state index contributed by atoms with van der Waals surface area (Å²) in [6.07, 6.45) is 3.81. The maximum Gasteiger partial charge on any atom is 0.270 e. The van der Waals surface area contributed by atoms with Crippen LogP contribution in [0.15, 0.2) is 73.1 Å². The molecule has 0 spiro atoms. The van der Waals surface area contributed by atoms with Crippen LogP contribution in [0, 0.1) is 20.2 Å². The summed E-state index contributed by atoms with van der Waals surface area (Å²) in [5, 5.41) is 32.7. The van der Waals surface area contributed by atoms with Gasteiger partial charge in [0.2, 0.25) is 0 Å². The zero-order valence-corrected chi connectivity index (χ0v) is 32.3. The van der Waals surface area contributed by atoms with Crippen molar-refractivity contribution in [1.82, 2.24) is 30.4 Å². The minimum atomic E-state index is -3.67. The van der Waals surface area contributed by atoms with Crippen molar-refractivity contribution in [3.05, 3.63) is 116 Å². The zero-order valence-electron chi connectivity index (χ0n) is 31.5. The molecule has 2 aliphatic heterocycles. The second-order valence-corrected chi connectivity index (χ2v) is 15.6. The number of carbonyl (C=O) groups excluding carboxylic acids is 4. The van der Waals surface area contributed by atoms with E-state index < -0.39 is 55.7 Å². The van der Waals surface area contributed by atoms with Crippen molar-refractivity contribution in [3.63, 3.8) is 0 Å². The highest BCUT2D eigenvalue weighted by Crippen LogP contribution is 2.39. The third-order valence-corrected chi connectivity index (χ3v) is 10.0. The van der Waals surface area contributed by atoms with Gasteiger partial charge in [0.15, 0.2) is 0 Å². The fourth-order valence-electron chi connectivity index (χ4n) is 7.55. The van der Waals surface area contributed by atoms with Gasteiger partial charge in [-0.2, -0.15) is 8.42 Å². The molecule has 0 unspecified atom stereocenters. The van der Waals surface area contributed by atoms with Crippen molar-refractivity contribution < 1.29 is 42.0 Å². The first-order valence-corrected chi connectivity index (χ1v) is 19.9. The maximum absolute atomic E-state index is 13.8. The molecule has 4 amide bonds. The lowest BCUT2D eigenvalue weighted by molar-refractivity contribution is -0.384. The van der Waals surface area contributed by atoms with Crippen LogP contribution >= 0.6 is 0 Å². The van der Waals surface area contributed by atoms with Crippen LogP contribution in [-0.2, 0) is 10.1 Å². The molecule has 2 aliphatic rings. The van der Waals surface area contributed by atoms with E-state index in [4.69, 9.17) is 4.55 Å². The number of rotatable bonds is 11. The number of nitro groups is 2. The molecule has 0 aliphatic carbocycles. The van der Waals surface area contributed by atoms with Gasteiger partial charge in [0.25, 0.3) is 45.1 Å². The maximum atomic E-state index is 13.8. The van der Waals surface area contributed by atoms with E-state index in [1.54, 1.807) is 62.6 Å². The van der Waals surface area contributed by atoms with Crippen molar-refractivity contribution in [2.24, 2.45) is 0 Å². The summed E-state index contributed by atoms with van der Waals surface area (Å²) in [6, 6.07) is 14.1. The van der Waals surface area contributed by atoms with Crippen molar-refractivity contribution in [3.8, 4) is 0 Å². The van der Waals surface area contributed by atoms with E-state index >= 15 is 0 Å². The molecule has 20 heteroatoms. The highest BCUT2D eigenvalue weighted by molar-refractivity contribution is 7.85. The van der Waals surface area contributed by atoms with Crippen LogP contribution in [0.5, 0.6) is 0 Å². The molecular formula is C39H34N8O11S. The first kappa shape index (κ1) is 40.3. The van der Waals surface area contributed by atoms with Crippen LogP contribution in [0.1, 0.15) is 55.3 Å². The summed E-state index contributed by atoms with van der Waals surface area (Å²) in [4.78, 5) is 88.5. The number of fused-ring (bicyclic) bond motifs is 4. The van der Waals surface area contributed by atoms with Gasteiger partial charge in [0.1, 0.15) is 0 Å². The number of imide groups is 2. The number of amides is 4. The Morgan fingerprint density at radius 1 is 0.661 bits per heavy atom. The normalized spacial score (nSPS) is 14.8. The summed E-state index contributed by atoms with van der Waals surface area (Å²) in [5.41, 5.74) is 0.993. The molecule has 0 fully saturated rings. The van der Waals surface area contributed by atoms with Gasteiger partial charge in [-0.15, -0.1) is 0 Å². The van der Waals surface area contributed by atoms with Crippen molar-refractivity contribution in [2.75, 3.05) is 32.4 Å². The van der Waals surface area contributed by atoms with Gasteiger partial charge in [-0.1, -0.05) is 12.1 Å². The molecule has 4 aromatic carbocycles. The van der Waals surface area contributed by atoms with E-state index in [1.165, 1.54) is 24.3 Å². The van der Waals surface area contributed by atoms with Crippen molar-refractivity contribution >= 4 is 88.5 Å². The van der Waals surface area contributed by atoms with Crippen LogP contribution in [0.25, 0.3) is 43.4 Å². The minimum absolute atomic E-state index is 0.0592. The van der Waals surface area contributed by atoms with Gasteiger partial charge in [0.05, 0.1) is 38.3 Å². The number of carbonyl (C=O) groups is 4. The average molecular weight is 823 g/mol. The Kier molecular flexibility index (Phi) is 10.6. The molecule has 19 nitrogen and oxygen atoms in total. The van der Waals surface area contributed by atoms with Gasteiger partial charge in [0, 0.05) is 118 Å². The Balaban J connectivity index is 0.000000997. The van der Waals surface area contributed by atoms with Crippen LogP contribution in [0.4, 0.5) is 11.4 Å². The van der Waals surface area contributed by atoms with E-state index in [1.807, 2.05) is 0 Å². The Bertz CT molecular complexity index is 2750. The molecule has 6 aromatic rings. The Hall–Kier alpha value is -6.87. The Morgan fingerprint density at radius 3 is 1.34 bits per heavy atom. The number of nitro benzene ring substituents is 2. The molecule has 0 radical (unpaired) electrons. The number of hydrogen-bond donors (Lipinski definition) is 3. The molecule has 59 heavy (non-hydrogen) atoms. The summed E-state index contributed by atoms with van der Waals surface area (Å²) < 4.78 is 25.9. The average Bonchev–Trinajstić information content (AvgIpc) is 3.19. The Labute approximate surface area is 334 Å². The number of nitrogens with one attached hydrogen (secondary N) is 2. The van der Waals surface area contributed by atoms with Gasteiger partial charge >= 0.3 is 0 Å². The van der Waals surface area contributed by atoms with E-state index in [9.17, 15) is 47.8 Å². The van der Waals surface area contributed by atoms with Crippen LogP contribution in [0.3, 0.4) is 0 Å². The second-order valence-electron chi connectivity index (χ2n) is 14.1. The third kappa shape index (κ3) is 7.52. The van der Waals surface area contributed by atoms with Gasteiger partial charge < -0.3 is 10.6 Å². The monoisotopic (exact) mass is 822 g/mol. The smallest absolute Gasteiger partial charge is 0.270 e. The molecule has 8 rings (SSSR count). The number of nitrogens with zero attached hydrogens (tertiary/aromatic N) is 6. The van der Waals surface area contributed by atoms with Gasteiger partial charge in [-0.05, 0) is 38.1 Å². The van der Waals surface area contributed by atoms with E-state index in [-0.39, 0.29) is 46.7 Å². The largest absolute Gasteiger partial charge is 0.313 e. The highest BCUT2D eigenvalue weighted by Gasteiger charge is 2.39. The quantitative estimate of drug-likeness (QED) is 0.0412. The molecule has 2 aromatic heterocycles. The lowest BCUT2D eigenvalue weighted by Gasteiger charge is -2.32.